The Morgan fingerprint density at radius 2 is 1.62 bits per heavy atom. The number of hydrogen-bond donors (Lipinski definition) is 4. The molecule has 1 aromatic rings. The van der Waals surface area contributed by atoms with Gasteiger partial charge in [0.25, 0.3) is 0 Å². The van der Waals surface area contributed by atoms with E-state index in [0.717, 1.165) is 70.6 Å². The topological polar surface area (TPSA) is 116 Å². The van der Waals surface area contributed by atoms with Crippen LogP contribution < -0.4 is 0 Å². The van der Waals surface area contributed by atoms with E-state index in [0.29, 0.717) is 6.54 Å². The predicted octanol–water partition coefficient (Wildman–Crippen LogP) is 2.19. The van der Waals surface area contributed by atoms with Gasteiger partial charge in [0.1, 0.15) is 24.4 Å². The Bertz CT molecular complexity index is 708. The van der Waals surface area contributed by atoms with Gasteiger partial charge in [-0.25, -0.2) is 0 Å². The summed E-state index contributed by atoms with van der Waals surface area (Å²) in [5.74, 6) is 6.57. The molecule has 2 rings (SSSR count). The van der Waals surface area contributed by atoms with Gasteiger partial charge in [-0.3, -0.25) is 9.82 Å². The normalized spacial score (nSPS) is 24.7. The maximum atomic E-state index is 10.2. The van der Waals surface area contributed by atoms with E-state index < -0.39 is 37.3 Å². The van der Waals surface area contributed by atoms with E-state index in [4.69, 9.17) is 9.57 Å². The molecule has 0 saturated carbocycles. The molecule has 8 heteroatoms. The van der Waals surface area contributed by atoms with Gasteiger partial charge < -0.3 is 25.2 Å². The molecule has 1 saturated heterocycles. The van der Waals surface area contributed by atoms with Gasteiger partial charge in [0.15, 0.2) is 6.23 Å². The Kier molecular flexibility index (Phi) is 14.3. The van der Waals surface area contributed by atoms with Crippen molar-refractivity contribution in [2.45, 2.75) is 101 Å². The SMILES string of the molecule is CON(CCCCCCCCC#CCCCCc1cccnc1)[C@@H]1O[C@H](CO)[C@@H](O)[C@H](O)[C@H]1O. The van der Waals surface area contributed by atoms with E-state index >= 15 is 0 Å². The number of hydrogen-bond acceptors (Lipinski definition) is 8. The van der Waals surface area contributed by atoms with Crippen molar-refractivity contribution in [2.75, 3.05) is 20.3 Å². The van der Waals surface area contributed by atoms with Crippen LogP contribution in [0.1, 0.15) is 69.8 Å². The molecule has 0 radical (unpaired) electrons. The summed E-state index contributed by atoms with van der Waals surface area (Å²) in [6.45, 7) is 0.0704. The first-order chi connectivity index (χ1) is 16.6. The standard InChI is InChI=1S/C26H42N2O6/c1-33-28(26-25(32)24(31)23(30)22(20-29)34-26)18-13-11-9-7-5-3-2-4-6-8-10-12-15-21-16-14-17-27-19-21/h14,16-17,19,22-26,29-32H,2-3,5,7-13,15,18,20H2,1H3/t22-,23-,24+,25-,26-/m1/s1. The Morgan fingerprint density at radius 3 is 2.26 bits per heavy atom. The van der Waals surface area contributed by atoms with E-state index in [1.165, 1.54) is 17.7 Å². The highest BCUT2D eigenvalue weighted by atomic mass is 16.7. The Balaban J connectivity index is 1.48. The van der Waals surface area contributed by atoms with Crippen LogP contribution in [-0.2, 0) is 16.0 Å². The number of rotatable bonds is 15. The minimum atomic E-state index is -1.40. The molecule has 2 heterocycles. The molecule has 192 valence electrons. The highest BCUT2D eigenvalue weighted by Gasteiger charge is 2.45. The molecule has 8 nitrogen and oxygen atoms in total. The van der Waals surface area contributed by atoms with Crippen LogP contribution in [0.2, 0.25) is 0 Å². The van der Waals surface area contributed by atoms with Crippen LogP contribution in [-0.4, -0.2) is 81.4 Å². The lowest BCUT2D eigenvalue weighted by molar-refractivity contribution is -0.328. The van der Waals surface area contributed by atoms with Crippen molar-refractivity contribution in [3.63, 3.8) is 0 Å². The summed E-state index contributed by atoms with van der Waals surface area (Å²) in [6.07, 6.45) is 9.45. The first-order valence-electron chi connectivity index (χ1n) is 12.5. The van der Waals surface area contributed by atoms with Gasteiger partial charge in [-0.1, -0.05) is 31.7 Å². The molecule has 5 atom stereocenters. The summed E-state index contributed by atoms with van der Waals surface area (Å²) in [7, 11) is 1.48. The molecular weight excluding hydrogens is 436 g/mol. The third kappa shape index (κ3) is 9.96. The summed E-state index contributed by atoms with van der Waals surface area (Å²) in [5.41, 5.74) is 1.29. The lowest BCUT2D eigenvalue weighted by Crippen LogP contribution is -2.63. The van der Waals surface area contributed by atoms with Gasteiger partial charge in [0, 0.05) is 31.8 Å². The van der Waals surface area contributed by atoms with Crippen LogP contribution >= 0.6 is 0 Å². The highest BCUT2D eigenvalue weighted by molar-refractivity contribution is 5.08. The molecular formula is C26H42N2O6. The summed E-state index contributed by atoms with van der Waals surface area (Å²) >= 11 is 0. The van der Waals surface area contributed by atoms with E-state index in [1.807, 2.05) is 12.3 Å². The lowest BCUT2D eigenvalue weighted by atomic mass is 9.98. The third-order valence-electron chi connectivity index (χ3n) is 6.18. The first-order valence-corrected chi connectivity index (χ1v) is 12.5. The van der Waals surface area contributed by atoms with Crippen molar-refractivity contribution >= 4 is 0 Å². The number of pyridine rings is 1. The molecule has 0 amide bonds. The zero-order chi connectivity index (χ0) is 24.6. The molecule has 34 heavy (non-hydrogen) atoms. The molecule has 0 aliphatic carbocycles. The van der Waals surface area contributed by atoms with Gasteiger partial charge >= 0.3 is 0 Å². The number of unbranched alkanes of at least 4 members (excludes halogenated alkanes) is 8. The third-order valence-corrected chi connectivity index (χ3v) is 6.18. The predicted molar refractivity (Wildman–Crippen MR) is 129 cm³/mol. The fourth-order valence-electron chi connectivity index (χ4n) is 4.10. The minimum absolute atomic E-state index is 0.449. The van der Waals surface area contributed by atoms with Gasteiger partial charge in [0.2, 0.25) is 0 Å². The Hall–Kier alpha value is -1.57. The zero-order valence-electron chi connectivity index (χ0n) is 20.4. The number of hydroxylamine groups is 2. The number of aliphatic hydroxyl groups is 4. The summed E-state index contributed by atoms with van der Waals surface area (Å²) < 4.78 is 5.54. The maximum Gasteiger partial charge on any atom is 0.162 e. The quantitative estimate of drug-likeness (QED) is 0.172. The monoisotopic (exact) mass is 478 g/mol. The molecule has 1 aromatic heterocycles. The van der Waals surface area contributed by atoms with Crippen molar-refractivity contribution in [2.24, 2.45) is 0 Å². The fourth-order valence-corrected chi connectivity index (χ4v) is 4.10. The number of aryl methyl sites for hydroxylation is 1. The number of aromatic nitrogens is 1. The fraction of sp³-hybridized carbons (Fsp3) is 0.731. The summed E-state index contributed by atoms with van der Waals surface area (Å²) in [6, 6.07) is 4.10. The average molecular weight is 479 g/mol. The Morgan fingerprint density at radius 1 is 0.941 bits per heavy atom. The van der Waals surface area contributed by atoms with Crippen LogP contribution in [0.4, 0.5) is 0 Å². The molecule has 1 aliphatic heterocycles. The summed E-state index contributed by atoms with van der Waals surface area (Å²) in [4.78, 5) is 9.46. The van der Waals surface area contributed by atoms with Crippen LogP contribution in [0.15, 0.2) is 24.5 Å². The molecule has 1 fully saturated rings. The average Bonchev–Trinajstić information content (AvgIpc) is 2.86. The van der Waals surface area contributed by atoms with Gasteiger partial charge in [0.05, 0.1) is 13.7 Å². The zero-order valence-corrected chi connectivity index (χ0v) is 20.4. The summed E-state index contributed by atoms with van der Waals surface area (Å²) in [5, 5.41) is 40.9. The lowest BCUT2D eigenvalue weighted by Gasteiger charge is -2.43. The van der Waals surface area contributed by atoms with Gasteiger partial charge in [-0.2, -0.15) is 5.06 Å². The first kappa shape index (κ1) is 28.7. The number of nitrogens with zero attached hydrogens (tertiary/aromatic N) is 2. The van der Waals surface area contributed by atoms with Crippen LogP contribution in [0.3, 0.4) is 0 Å². The molecule has 4 N–H and O–H groups in total. The van der Waals surface area contributed by atoms with Crippen LogP contribution in [0.25, 0.3) is 0 Å². The van der Waals surface area contributed by atoms with Crippen molar-refractivity contribution in [1.82, 2.24) is 10.0 Å². The number of ether oxygens (including phenoxy) is 1. The second kappa shape index (κ2) is 17.0. The maximum absolute atomic E-state index is 10.2. The van der Waals surface area contributed by atoms with E-state index in [1.54, 1.807) is 6.20 Å². The van der Waals surface area contributed by atoms with Gasteiger partial charge in [-0.05, 0) is 43.7 Å². The molecule has 0 unspecified atom stereocenters. The second-order valence-corrected chi connectivity index (χ2v) is 8.84. The molecule has 1 aliphatic rings. The van der Waals surface area contributed by atoms with Crippen molar-refractivity contribution < 1.29 is 30.0 Å². The molecule has 0 bridgehead atoms. The van der Waals surface area contributed by atoms with Crippen LogP contribution in [0, 0.1) is 11.8 Å². The largest absolute Gasteiger partial charge is 0.394 e. The van der Waals surface area contributed by atoms with E-state index in [9.17, 15) is 20.4 Å². The molecule has 0 aromatic carbocycles. The number of aliphatic hydroxyl groups excluding tert-OH is 4. The highest BCUT2D eigenvalue weighted by Crippen LogP contribution is 2.24. The molecule has 0 spiro atoms. The van der Waals surface area contributed by atoms with Crippen molar-refractivity contribution in [3.05, 3.63) is 30.1 Å². The minimum Gasteiger partial charge on any atom is -0.394 e. The Labute approximate surface area is 203 Å². The van der Waals surface area contributed by atoms with E-state index in [-0.39, 0.29) is 0 Å². The van der Waals surface area contributed by atoms with Crippen LogP contribution in [0.5, 0.6) is 0 Å². The second-order valence-electron chi connectivity index (χ2n) is 8.84. The van der Waals surface area contributed by atoms with Crippen molar-refractivity contribution in [1.29, 1.82) is 0 Å². The van der Waals surface area contributed by atoms with Gasteiger partial charge in [-0.15, -0.1) is 11.8 Å². The smallest absolute Gasteiger partial charge is 0.162 e. The van der Waals surface area contributed by atoms with E-state index in [2.05, 4.69) is 22.9 Å². The van der Waals surface area contributed by atoms with Crippen molar-refractivity contribution in [3.8, 4) is 11.8 Å².